The zero-order valence-electron chi connectivity index (χ0n) is 16.4. The Labute approximate surface area is 172 Å². The Balaban J connectivity index is 1.99. The molecule has 1 aliphatic heterocycles. The highest BCUT2D eigenvalue weighted by atomic mass is 32.2. The first-order valence-electron chi connectivity index (χ1n) is 9.43. The summed E-state index contributed by atoms with van der Waals surface area (Å²) in [6.07, 6.45) is -1.23. The van der Waals surface area contributed by atoms with E-state index in [0.717, 1.165) is 50.2 Å². The molecular formula is C19H24F3N5OS. The summed E-state index contributed by atoms with van der Waals surface area (Å²) in [7, 11) is 3.27. The van der Waals surface area contributed by atoms with Crippen LogP contribution in [0.1, 0.15) is 30.7 Å². The zero-order valence-corrected chi connectivity index (χ0v) is 17.3. The number of aromatic nitrogens is 3. The van der Waals surface area contributed by atoms with Gasteiger partial charge >= 0.3 is 6.18 Å². The van der Waals surface area contributed by atoms with Gasteiger partial charge < -0.3 is 4.90 Å². The molecule has 3 rings (SSSR count). The van der Waals surface area contributed by atoms with Gasteiger partial charge in [0.2, 0.25) is 5.91 Å². The topological polar surface area (TPSA) is 54.3 Å². The summed E-state index contributed by atoms with van der Waals surface area (Å²) >= 11 is 1.09. The van der Waals surface area contributed by atoms with Crippen LogP contribution in [0.15, 0.2) is 29.4 Å². The van der Waals surface area contributed by atoms with Crippen LogP contribution in [0, 0.1) is 0 Å². The fraction of sp³-hybridized carbons (Fsp3) is 0.526. The first-order chi connectivity index (χ1) is 13.8. The predicted molar refractivity (Wildman–Crippen MR) is 105 cm³/mol. The summed E-state index contributed by atoms with van der Waals surface area (Å²) in [5.41, 5.74) is -0.766. The molecule has 0 bridgehead atoms. The first kappa shape index (κ1) is 21.6. The molecule has 1 saturated heterocycles. The molecule has 6 nitrogen and oxygen atoms in total. The maximum atomic E-state index is 13.7. The number of carbonyl (C=O) groups excluding carboxylic acids is 1. The molecule has 1 aromatic carbocycles. The molecule has 2 heterocycles. The Morgan fingerprint density at radius 2 is 1.83 bits per heavy atom. The maximum absolute atomic E-state index is 13.7. The molecule has 29 heavy (non-hydrogen) atoms. The normalized spacial score (nSPS) is 15.5. The van der Waals surface area contributed by atoms with Crippen LogP contribution in [-0.2, 0) is 17.5 Å². The number of para-hydroxylation sites is 1. The lowest BCUT2D eigenvalue weighted by Gasteiger charge is -2.26. The number of alkyl halides is 3. The van der Waals surface area contributed by atoms with E-state index in [9.17, 15) is 18.0 Å². The Hall–Kier alpha value is -2.07. The number of nitrogens with zero attached hydrogens (tertiary/aromatic N) is 5. The number of piperidine rings is 1. The van der Waals surface area contributed by atoms with Gasteiger partial charge in [-0.1, -0.05) is 30.3 Å². The van der Waals surface area contributed by atoms with Gasteiger partial charge in [-0.15, -0.1) is 10.2 Å². The summed E-state index contributed by atoms with van der Waals surface area (Å²) in [6, 6.07) is 5.40. The van der Waals surface area contributed by atoms with Gasteiger partial charge in [0.05, 0.1) is 23.5 Å². The fourth-order valence-corrected chi connectivity index (χ4v) is 4.16. The summed E-state index contributed by atoms with van der Waals surface area (Å²) in [4.78, 5) is 15.6. The number of benzene rings is 1. The molecule has 0 unspecified atom stereocenters. The number of rotatable bonds is 6. The standard InChI is InChI=1S/C19H24F3N5OS/c1-25(2)17(28)13-29-18-24-23-16(12-26-10-6-3-7-11-26)27(18)15-9-5-4-8-14(15)19(20,21)22/h4-5,8-9H,3,6-7,10-13H2,1-2H3. The molecule has 0 spiro atoms. The molecule has 1 fully saturated rings. The molecule has 158 valence electrons. The predicted octanol–water partition coefficient (Wildman–Crippen LogP) is 3.45. The smallest absolute Gasteiger partial charge is 0.348 e. The van der Waals surface area contributed by atoms with Crippen molar-refractivity contribution in [2.45, 2.75) is 37.1 Å². The quantitative estimate of drug-likeness (QED) is 0.661. The van der Waals surface area contributed by atoms with Crippen LogP contribution in [-0.4, -0.2) is 63.4 Å². The minimum Gasteiger partial charge on any atom is -0.348 e. The van der Waals surface area contributed by atoms with Gasteiger partial charge in [-0.3, -0.25) is 14.3 Å². The molecule has 0 saturated carbocycles. The molecule has 1 aliphatic rings. The monoisotopic (exact) mass is 427 g/mol. The largest absolute Gasteiger partial charge is 0.418 e. The third-order valence-corrected chi connectivity index (χ3v) is 5.70. The van der Waals surface area contributed by atoms with Crippen molar-refractivity contribution in [3.8, 4) is 5.69 Å². The summed E-state index contributed by atoms with van der Waals surface area (Å²) in [5, 5.41) is 8.60. The number of hydrogen-bond acceptors (Lipinski definition) is 5. The fourth-order valence-electron chi connectivity index (χ4n) is 3.22. The summed E-state index contributed by atoms with van der Waals surface area (Å²) < 4.78 is 42.4. The van der Waals surface area contributed by atoms with Crippen molar-refractivity contribution >= 4 is 17.7 Å². The van der Waals surface area contributed by atoms with Crippen molar-refractivity contribution in [3.05, 3.63) is 35.7 Å². The first-order valence-corrected chi connectivity index (χ1v) is 10.4. The lowest BCUT2D eigenvalue weighted by molar-refractivity contribution is -0.137. The third-order valence-electron chi connectivity index (χ3n) is 4.79. The van der Waals surface area contributed by atoms with E-state index in [1.165, 1.54) is 21.6 Å². The van der Waals surface area contributed by atoms with Crippen molar-refractivity contribution < 1.29 is 18.0 Å². The number of thioether (sulfide) groups is 1. The molecule has 2 aromatic rings. The van der Waals surface area contributed by atoms with Crippen LogP contribution in [0.25, 0.3) is 5.69 Å². The zero-order chi connectivity index (χ0) is 21.0. The lowest BCUT2D eigenvalue weighted by Crippen LogP contribution is -2.30. The van der Waals surface area contributed by atoms with E-state index >= 15 is 0 Å². The lowest BCUT2D eigenvalue weighted by atomic mass is 10.1. The van der Waals surface area contributed by atoms with E-state index in [0.29, 0.717) is 12.4 Å². The minimum absolute atomic E-state index is 0.0168. The van der Waals surface area contributed by atoms with Crippen LogP contribution in [0.5, 0.6) is 0 Å². The van der Waals surface area contributed by atoms with E-state index < -0.39 is 11.7 Å². The molecule has 0 N–H and O–H groups in total. The number of carbonyl (C=O) groups is 1. The Kier molecular flexibility index (Phi) is 6.84. The van der Waals surface area contributed by atoms with E-state index in [1.54, 1.807) is 20.2 Å². The Morgan fingerprint density at radius 3 is 2.48 bits per heavy atom. The highest BCUT2D eigenvalue weighted by Gasteiger charge is 2.35. The molecule has 0 radical (unpaired) electrons. The van der Waals surface area contributed by atoms with Gasteiger partial charge in [-0.25, -0.2) is 0 Å². The van der Waals surface area contributed by atoms with Crippen LogP contribution < -0.4 is 0 Å². The van der Waals surface area contributed by atoms with Gasteiger partial charge in [-0.2, -0.15) is 13.2 Å². The van der Waals surface area contributed by atoms with Crippen LogP contribution in [0.4, 0.5) is 13.2 Å². The molecule has 0 atom stereocenters. The van der Waals surface area contributed by atoms with Gasteiger partial charge in [0.25, 0.3) is 0 Å². The van der Waals surface area contributed by atoms with Gasteiger partial charge in [0.15, 0.2) is 11.0 Å². The number of amides is 1. The SMILES string of the molecule is CN(C)C(=O)CSc1nnc(CN2CCCCC2)n1-c1ccccc1C(F)(F)F. The number of likely N-dealkylation sites (tertiary alicyclic amines) is 1. The van der Waals surface area contributed by atoms with Gasteiger partial charge in [0, 0.05) is 14.1 Å². The van der Waals surface area contributed by atoms with Crippen LogP contribution >= 0.6 is 11.8 Å². The minimum atomic E-state index is -4.51. The molecule has 1 aromatic heterocycles. The Bertz CT molecular complexity index is 847. The van der Waals surface area contributed by atoms with Crippen molar-refractivity contribution in [3.63, 3.8) is 0 Å². The second kappa shape index (κ2) is 9.17. The second-order valence-corrected chi connectivity index (χ2v) is 8.11. The number of halogens is 3. The average Bonchev–Trinajstić information content (AvgIpc) is 3.08. The van der Waals surface area contributed by atoms with Crippen molar-refractivity contribution in [1.82, 2.24) is 24.6 Å². The van der Waals surface area contributed by atoms with E-state index in [-0.39, 0.29) is 22.5 Å². The maximum Gasteiger partial charge on any atom is 0.418 e. The van der Waals surface area contributed by atoms with Crippen molar-refractivity contribution in [2.75, 3.05) is 32.9 Å². The Morgan fingerprint density at radius 1 is 1.14 bits per heavy atom. The molecule has 10 heteroatoms. The average molecular weight is 427 g/mol. The third kappa shape index (κ3) is 5.30. The second-order valence-electron chi connectivity index (χ2n) is 7.16. The van der Waals surface area contributed by atoms with Crippen molar-refractivity contribution in [2.24, 2.45) is 0 Å². The summed E-state index contributed by atoms with van der Waals surface area (Å²) in [6.45, 7) is 2.19. The summed E-state index contributed by atoms with van der Waals surface area (Å²) in [5.74, 6) is 0.373. The molecule has 1 amide bonds. The highest BCUT2D eigenvalue weighted by Crippen LogP contribution is 2.36. The van der Waals surface area contributed by atoms with Gasteiger partial charge in [0.1, 0.15) is 0 Å². The number of hydrogen-bond donors (Lipinski definition) is 0. The van der Waals surface area contributed by atoms with Crippen LogP contribution in [0.3, 0.4) is 0 Å². The molecule has 0 aliphatic carbocycles. The van der Waals surface area contributed by atoms with E-state index in [4.69, 9.17) is 0 Å². The van der Waals surface area contributed by atoms with Crippen LogP contribution in [0.2, 0.25) is 0 Å². The van der Waals surface area contributed by atoms with Gasteiger partial charge in [-0.05, 0) is 38.1 Å². The van der Waals surface area contributed by atoms with E-state index in [2.05, 4.69) is 15.1 Å². The highest BCUT2D eigenvalue weighted by molar-refractivity contribution is 7.99. The van der Waals surface area contributed by atoms with Crippen molar-refractivity contribution in [1.29, 1.82) is 0 Å². The van der Waals surface area contributed by atoms with E-state index in [1.807, 2.05) is 0 Å². The molecular weight excluding hydrogens is 403 g/mol.